The van der Waals surface area contributed by atoms with Crippen LogP contribution in [-0.4, -0.2) is 17.3 Å². The van der Waals surface area contributed by atoms with Crippen LogP contribution in [0.25, 0.3) is 0 Å². The van der Waals surface area contributed by atoms with Crippen molar-refractivity contribution in [2.75, 3.05) is 6.61 Å². The number of fused-ring (bicyclic) bond motifs is 3. The van der Waals surface area contributed by atoms with Gasteiger partial charge in [0.15, 0.2) is 11.5 Å². The summed E-state index contributed by atoms with van der Waals surface area (Å²) in [5.41, 5.74) is 4.53. The van der Waals surface area contributed by atoms with E-state index in [9.17, 15) is 0 Å². The minimum absolute atomic E-state index is 0.147. The minimum Gasteiger partial charge on any atom is -0.490 e. The lowest BCUT2D eigenvalue weighted by molar-refractivity contribution is -0.0209. The number of hydrazone groups is 1. The summed E-state index contributed by atoms with van der Waals surface area (Å²) in [6.45, 7) is 2.61. The maximum atomic E-state index is 6.46. The first-order valence-corrected chi connectivity index (χ1v) is 10.1. The highest BCUT2D eigenvalue weighted by atomic mass is 32.1. The Morgan fingerprint density at radius 2 is 2.04 bits per heavy atom. The van der Waals surface area contributed by atoms with Crippen molar-refractivity contribution in [2.24, 2.45) is 5.10 Å². The van der Waals surface area contributed by atoms with Crippen molar-refractivity contribution in [3.63, 3.8) is 0 Å². The molecule has 27 heavy (non-hydrogen) atoms. The summed E-state index contributed by atoms with van der Waals surface area (Å²) in [6, 6.07) is 18.8. The van der Waals surface area contributed by atoms with Gasteiger partial charge in [-0.2, -0.15) is 16.4 Å². The van der Waals surface area contributed by atoms with Crippen LogP contribution < -0.4 is 9.47 Å². The molecule has 2 aliphatic rings. The molecule has 0 fully saturated rings. The summed E-state index contributed by atoms with van der Waals surface area (Å²) in [7, 11) is 0. The fraction of sp³-hybridized carbons (Fsp3) is 0.227. The number of hydrogen-bond acceptors (Lipinski definition) is 5. The Kier molecular flexibility index (Phi) is 4.09. The molecule has 0 unspecified atom stereocenters. The standard InChI is InChI=1S/C22H20N2O2S/c1-2-25-20-10-6-9-17-19-13-18(15-7-4-3-5-8-15)23-24(19)22(26-21(17)20)16-11-12-27-14-16/h3-12,14,19,22H,2,13H2,1H3/t19-,22-/m0/s1. The van der Waals surface area contributed by atoms with Crippen molar-refractivity contribution in [2.45, 2.75) is 25.6 Å². The normalized spacial score (nSPS) is 20.5. The van der Waals surface area contributed by atoms with Gasteiger partial charge < -0.3 is 9.47 Å². The highest BCUT2D eigenvalue weighted by molar-refractivity contribution is 7.07. The summed E-state index contributed by atoms with van der Waals surface area (Å²) in [6.07, 6.45) is 0.618. The third-order valence-electron chi connectivity index (χ3n) is 5.02. The first-order chi connectivity index (χ1) is 13.3. The van der Waals surface area contributed by atoms with E-state index >= 15 is 0 Å². The van der Waals surface area contributed by atoms with E-state index in [1.165, 1.54) is 5.56 Å². The molecule has 0 bridgehead atoms. The topological polar surface area (TPSA) is 34.1 Å². The summed E-state index contributed by atoms with van der Waals surface area (Å²) < 4.78 is 12.3. The molecule has 0 spiro atoms. The van der Waals surface area contributed by atoms with Crippen LogP contribution in [0.15, 0.2) is 70.5 Å². The van der Waals surface area contributed by atoms with E-state index in [-0.39, 0.29) is 12.3 Å². The monoisotopic (exact) mass is 376 g/mol. The maximum Gasteiger partial charge on any atom is 0.214 e. The van der Waals surface area contributed by atoms with Gasteiger partial charge in [-0.1, -0.05) is 42.5 Å². The van der Waals surface area contributed by atoms with Crippen LogP contribution in [0.2, 0.25) is 0 Å². The molecule has 0 amide bonds. The number of benzene rings is 2. The first-order valence-electron chi connectivity index (χ1n) is 9.21. The van der Waals surface area contributed by atoms with Crippen molar-refractivity contribution in [3.05, 3.63) is 82.0 Å². The van der Waals surface area contributed by atoms with E-state index in [1.807, 2.05) is 25.1 Å². The van der Waals surface area contributed by atoms with Crippen molar-refractivity contribution in [1.29, 1.82) is 0 Å². The molecule has 0 radical (unpaired) electrons. The van der Waals surface area contributed by atoms with Gasteiger partial charge in [0, 0.05) is 17.5 Å². The second kappa shape index (κ2) is 6.74. The molecule has 2 aromatic carbocycles. The Bertz CT molecular complexity index is 969. The molecule has 5 heteroatoms. The van der Waals surface area contributed by atoms with Crippen LogP contribution in [0.5, 0.6) is 11.5 Å². The largest absolute Gasteiger partial charge is 0.490 e. The van der Waals surface area contributed by atoms with E-state index in [0.717, 1.165) is 34.8 Å². The van der Waals surface area contributed by atoms with Gasteiger partial charge >= 0.3 is 0 Å². The Morgan fingerprint density at radius 3 is 2.81 bits per heavy atom. The fourth-order valence-corrected chi connectivity index (χ4v) is 4.46. The van der Waals surface area contributed by atoms with Crippen LogP contribution in [0.1, 0.15) is 42.3 Å². The second-order valence-corrected chi connectivity index (χ2v) is 7.43. The smallest absolute Gasteiger partial charge is 0.214 e. The van der Waals surface area contributed by atoms with Crippen molar-refractivity contribution >= 4 is 17.0 Å². The molecule has 1 aromatic heterocycles. The van der Waals surface area contributed by atoms with Crippen molar-refractivity contribution in [1.82, 2.24) is 5.01 Å². The lowest BCUT2D eigenvalue weighted by atomic mass is 9.96. The average Bonchev–Trinajstić information content (AvgIpc) is 3.39. The van der Waals surface area contributed by atoms with Gasteiger partial charge in [0.1, 0.15) is 0 Å². The van der Waals surface area contributed by atoms with Crippen LogP contribution in [-0.2, 0) is 0 Å². The van der Waals surface area contributed by atoms with Crippen molar-refractivity contribution < 1.29 is 9.47 Å². The maximum absolute atomic E-state index is 6.46. The molecule has 3 heterocycles. The van der Waals surface area contributed by atoms with Gasteiger partial charge in [-0.25, -0.2) is 5.01 Å². The van der Waals surface area contributed by atoms with E-state index in [0.29, 0.717) is 6.61 Å². The predicted molar refractivity (Wildman–Crippen MR) is 107 cm³/mol. The van der Waals surface area contributed by atoms with E-state index in [2.05, 4.69) is 52.2 Å². The SMILES string of the molecule is CCOc1cccc2c1O[C@@H](c1ccsc1)N1N=C(c3ccccc3)C[C@@H]21. The third-order valence-corrected chi connectivity index (χ3v) is 5.72. The number of ether oxygens (including phenoxy) is 2. The highest BCUT2D eigenvalue weighted by Gasteiger charge is 2.42. The second-order valence-electron chi connectivity index (χ2n) is 6.65. The number of rotatable bonds is 4. The zero-order chi connectivity index (χ0) is 18.2. The highest BCUT2D eigenvalue weighted by Crippen LogP contribution is 2.50. The van der Waals surface area contributed by atoms with Gasteiger partial charge in [-0.15, -0.1) is 0 Å². The molecular weight excluding hydrogens is 356 g/mol. The predicted octanol–water partition coefficient (Wildman–Crippen LogP) is 5.39. The minimum atomic E-state index is -0.239. The molecule has 3 aromatic rings. The molecule has 2 atom stereocenters. The van der Waals surface area contributed by atoms with Gasteiger partial charge in [0.2, 0.25) is 6.23 Å². The first kappa shape index (κ1) is 16.4. The molecule has 5 rings (SSSR count). The quantitative estimate of drug-likeness (QED) is 0.612. The number of hydrogen-bond donors (Lipinski definition) is 0. The van der Waals surface area contributed by atoms with Gasteiger partial charge in [0.05, 0.1) is 18.4 Å². The Balaban J connectivity index is 1.61. The number of nitrogens with zero attached hydrogens (tertiary/aromatic N) is 2. The molecule has 2 aliphatic heterocycles. The zero-order valence-electron chi connectivity index (χ0n) is 15.0. The molecule has 0 saturated heterocycles. The summed E-state index contributed by atoms with van der Waals surface area (Å²) in [5, 5.41) is 11.3. The van der Waals surface area contributed by atoms with Crippen LogP contribution in [0.3, 0.4) is 0 Å². The van der Waals surface area contributed by atoms with Gasteiger partial charge in [-0.05, 0) is 35.4 Å². The zero-order valence-corrected chi connectivity index (χ0v) is 15.9. The Hall–Kier alpha value is -2.79. The third kappa shape index (κ3) is 2.79. The number of para-hydroxylation sites is 1. The molecule has 4 nitrogen and oxygen atoms in total. The number of thiophene rings is 1. The molecular formula is C22H20N2O2S. The van der Waals surface area contributed by atoms with Gasteiger partial charge in [-0.3, -0.25) is 0 Å². The van der Waals surface area contributed by atoms with Crippen LogP contribution in [0, 0.1) is 0 Å². The van der Waals surface area contributed by atoms with E-state index in [1.54, 1.807) is 11.3 Å². The van der Waals surface area contributed by atoms with Gasteiger partial charge in [0.25, 0.3) is 0 Å². The average molecular weight is 376 g/mol. The molecule has 0 aliphatic carbocycles. The van der Waals surface area contributed by atoms with Crippen molar-refractivity contribution in [3.8, 4) is 11.5 Å². The molecule has 0 N–H and O–H groups in total. The summed E-state index contributed by atoms with van der Waals surface area (Å²) in [5.74, 6) is 1.66. The summed E-state index contributed by atoms with van der Waals surface area (Å²) >= 11 is 1.67. The summed E-state index contributed by atoms with van der Waals surface area (Å²) in [4.78, 5) is 0. The fourth-order valence-electron chi connectivity index (χ4n) is 3.79. The Labute approximate surface area is 162 Å². The van der Waals surface area contributed by atoms with E-state index in [4.69, 9.17) is 14.6 Å². The van der Waals surface area contributed by atoms with Crippen LogP contribution in [0.4, 0.5) is 0 Å². The van der Waals surface area contributed by atoms with Crippen LogP contribution >= 0.6 is 11.3 Å². The lowest BCUT2D eigenvalue weighted by Crippen LogP contribution is -2.33. The molecule has 0 saturated carbocycles. The van der Waals surface area contributed by atoms with E-state index < -0.39 is 0 Å². The molecule has 136 valence electrons. The lowest BCUT2D eigenvalue weighted by Gasteiger charge is -2.38. The Morgan fingerprint density at radius 1 is 1.15 bits per heavy atom.